The van der Waals surface area contributed by atoms with Gasteiger partial charge >= 0.3 is 0 Å². The van der Waals surface area contributed by atoms with Crippen LogP contribution < -0.4 is 9.75 Å². The summed E-state index contributed by atoms with van der Waals surface area (Å²) in [4.78, 5) is 10.4. The number of benzene rings is 1. The number of hydrogen-bond donors (Lipinski definition) is 0. The zero-order valence-electron chi connectivity index (χ0n) is 8.38. The normalized spacial score (nSPS) is 9.07. The van der Waals surface area contributed by atoms with E-state index in [9.17, 15) is 4.91 Å². The van der Waals surface area contributed by atoms with Crippen LogP contribution in [0.5, 0.6) is 5.75 Å². The Balaban J connectivity index is 2.78. The molecule has 0 aliphatic heterocycles. The molecule has 0 radical (unpaired) electrons. The topological polar surface area (TPSA) is 65.7 Å². The molecule has 0 saturated heterocycles. The van der Waals surface area contributed by atoms with E-state index in [2.05, 4.69) is 5.29 Å². The van der Waals surface area contributed by atoms with Gasteiger partial charge in [0.15, 0.2) is 0 Å². The minimum Gasteiger partial charge on any atom is -0.494 e. The van der Waals surface area contributed by atoms with E-state index in [1.54, 1.807) is 24.3 Å². The van der Waals surface area contributed by atoms with Crippen molar-refractivity contribution >= 4 is 5.69 Å². The van der Waals surface area contributed by atoms with Gasteiger partial charge in [0.05, 0.1) is 23.6 Å². The van der Waals surface area contributed by atoms with Crippen LogP contribution in [0.4, 0.5) is 5.69 Å². The number of nitriles is 1. The number of nitrogens with zero attached hydrogens (tertiary/aromatic N) is 3. The third-order valence-electron chi connectivity index (χ3n) is 1.76. The summed E-state index contributed by atoms with van der Waals surface area (Å²) in [5, 5.41) is 12.3. The van der Waals surface area contributed by atoms with E-state index in [0.717, 1.165) is 10.8 Å². The lowest BCUT2D eigenvalue weighted by atomic mass is 10.3. The van der Waals surface area contributed by atoms with E-state index in [4.69, 9.17) is 10.00 Å². The first kappa shape index (κ1) is 11.0. The van der Waals surface area contributed by atoms with Crippen LogP contribution in [0.1, 0.15) is 6.92 Å². The highest BCUT2D eigenvalue weighted by atomic mass is 16.5. The summed E-state index contributed by atoms with van der Waals surface area (Å²) >= 11 is 0. The van der Waals surface area contributed by atoms with Crippen molar-refractivity contribution in [2.75, 3.05) is 18.2 Å². The molecule has 0 atom stereocenters. The van der Waals surface area contributed by atoms with Crippen molar-refractivity contribution in [2.24, 2.45) is 5.29 Å². The summed E-state index contributed by atoms with van der Waals surface area (Å²) in [6.45, 7) is 2.42. The molecule has 5 nitrogen and oxygen atoms in total. The second-order valence-corrected chi connectivity index (χ2v) is 2.72. The number of rotatable bonds is 5. The van der Waals surface area contributed by atoms with Crippen molar-refractivity contribution in [3.63, 3.8) is 0 Å². The first-order valence-corrected chi connectivity index (χ1v) is 4.52. The fourth-order valence-electron chi connectivity index (χ4n) is 1.12. The van der Waals surface area contributed by atoms with Gasteiger partial charge in [0.25, 0.3) is 0 Å². The van der Waals surface area contributed by atoms with Gasteiger partial charge < -0.3 is 4.74 Å². The van der Waals surface area contributed by atoms with E-state index in [1.807, 2.05) is 13.0 Å². The van der Waals surface area contributed by atoms with E-state index < -0.39 is 0 Å². The Hall–Kier alpha value is -2.09. The first-order valence-electron chi connectivity index (χ1n) is 4.52. The van der Waals surface area contributed by atoms with Gasteiger partial charge in [0.1, 0.15) is 12.3 Å². The Labute approximate surface area is 87.8 Å². The molecule has 1 rings (SSSR count). The summed E-state index contributed by atoms with van der Waals surface area (Å²) in [7, 11) is 0. The largest absolute Gasteiger partial charge is 0.494 e. The molecule has 15 heavy (non-hydrogen) atoms. The van der Waals surface area contributed by atoms with E-state index in [1.165, 1.54) is 0 Å². The summed E-state index contributed by atoms with van der Waals surface area (Å²) in [5.41, 5.74) is 0.579. The Kier molecular flexibility index (Phi) is 4.10. The zero-order valence-corrected chi connectivity index (χ0v) is 8.38. The summed E-state index contributed by atoms with van der Waals surface area (Å²) in [6.07, 6.45) is 0. The van der Waals surface area contributed by atoms with Crippen molar-refractivity contribution in [2.45, 2.75) is 6.92 Å². The number of nitroso groups, excluding NO2 is 1. The molecule has 0 heterocycles. The molecule has 1 aromatic rings. The van der Waals surface area contributed by atoms with Gasteiger partial charge in [0.2, 0.25) is 0 Å². The molecule has 0 spiro atoms. The van der Waals surface area contributed by atoms with Gasteiger partial charge in [-0.25, -0.2) is 5.01 Å². The zero-order chi connectivity index (χ0) is 11.1. The molecule has 0 unspecified atom stereocenters. The highest BCUT2D eigenvalue weighted by molar-refractivity contribution is 5.48. The Morgan fingerprint density at radius 1 is 1.47 bits per heavy atom. The van der Waals surface area contributed by atoms with Gasteiger partial charge in [-0.05, 0) is 31.2 Å². The lowest BCUT2D eigenvalue weighted by Gasteiger charge is -2.11. The highest BCUT2D eigenvalue weighted by Crippen LogP contribution is 2.19. The maximum Gasteiger partial charge on any atom is 0.131 e. The average Bonchev–Trinajstić information content (AvgIpc) is 2.28. The number of hydrogen-bond acceptors (Lipinski definition) is 4. The molecule has 0 aliphatic carbocycles. The van der Waals surface area contributed by atoms with Crippen LogP contribution >= 0.6 is 0 Å². The molecular weight excluding hydrogens is 194 g/mol. The molecule has 78 valence electrons. The minimum absolute atomic E-state index is 0.0581. The van der Waals surface area contributed by atoms with Crippen molar-refractivity contribution in [3.8, 4) is 11.8 Å². The molecule has 0 N–H and O–H groups in total. The molecule has 0 fully saturated rings. The van der Waals surface area contributed by atoms with Crippen LogP contribution in [0.15, 0.2) is 29.6 Å². The van der Waals surface area contributed by atoms with Crippen molar-refractivity contribution in [1.29, 1.82) is 5.26 Å². The molecule has 0 saturated carbocycles. The van der Waals surface area contributed by atoms with Crippen LogP contribution in [0, 0.1) is 16.2 Å². The van der Waals surface area contributed by atoms with Crippen molar-refractivity contribution in [3.05, 3.63) is 29.2 Å². The fourth-order valence-corrected chi connectivity index (χ4v) is 1.12. The summed E-state index contributed by atoms with van der Waals surface area (Å²) in [6, 6.07) is 8.69. The second-order valence-electron chi connectivity index (χ2n) is 2.72. The lowest BCUT2D eigenvalue weighted by molar-refractivity contribution is 0.340. The Morgan fingerprint density at radius 3 is 2.60 bits per heavy atom. The van der Waals surface area contributed by atoms with Gasteiger partial charge in [-0.2, -0.15) is 5.26 Å². The predicted molar refractivity (Wildman–Crippen MR) is 56.4 cm³/mol. The van der Waals surface area contributed by atoms with Gasteiger partial charge in [-0.3, -0.25) is 0 Å². The summed E-state index contributed by atoms with van der Waals surface area (Å²) < 4.78 is 5.24. The SMILES string of the molecule is CCOc1ccc(N(CC#N)N=O)cc1. The molecule has 0 bridgehead atoms. The van der Waals surface area contributed by atoms with E-state index >= 15 is 0 Å². The van der Waals surface area contributed by atoms with Gasteiger partial charge in [-0.15, -0.1) is 4.91 Å². The summed E-state index contributed by atoms with van der Waals surface area (Å²) in [5.74, 6) is 0.726. The molecule has 0 aliphatic rings. The highest BCUT2D eigenvalue weighted by Gasteiger charge is 2.05. The molecule has 0 amide bonds. The van der Waals surface area contributed by atoms with Gasteiger partial charge in [-0.1, -0.05) is 0 Å². The second kappa shape index (κ2) is 5.60. The standard InChI is InChI=1S/C10H11N3O2/c1-2-15-10-5-3-9(4-6-10)13(12-14)8-7-11/h3-6H,2,8H2,1H3. The molecular formula is C10H11N3O2. The first-order chi connectivity index (χ1) is 7.31. The smallest absolute Gasteiger partial charge is 0.131 e. The van der Waals surface area contributed by atoms with Crippen molar-refractivity contribution in [1.82, 2.24) is 0 Å². The van der Waals surface area contributed by atoms with E-state index in [0.29, 0.717) is 12.3 Å². The van der Waals surface area contributed by atoms with Crippen LogP contribution in [-0.2, 0) is 0 Å². The Bertz CT molecular complexity index is 356. The Morgan fingerprint density at radius 2 is 2.13 bits per heavy atom. The quantitative estimate of drug-likeness (QED) is 0.419. The third-order valence-corrected chi connectivity index (χ3v) is 1.76. The maximum absolute atomic E-state index is 10.4. The predicted octanol–water partition coefficient (Wildman–Crippen LogP) is 2.10. The van der Waals surface area contributed by atoms with Crippen molar-refractivity contribution < 1.29 is 4.74 Å². The average molecular weight is 205 g/mol. The van der Waals surface area contributed by atoms with Crippen LogP contribution in [0.2, 0.25) is 0 Å². The minimum atomic E-state index is -0.0581. The number of ether oxygens (including phenoxy) is 1. The van der Waals surface area contributed by atoms with Gasteiger partial charge in [0, 0.05) is 0 Å². The van der Waals surface area contributed by atoms with Crippen LogP contribution in [0.3, 0.4) is 0 Å². The fraction of sp³-hybridized carbons (Fsp3) is 0.300. The number of anilines is 1. The maximum atomic E-state index is 10.4. The lowest BCUT2D eigenvalue weighted by Crippen LogP contribution is -2.14. The van der Waals surface area contributed by atoms with Crippen LogP contribution in [-0.4, -0.2) is 13.2 Å². The molecule has 5 heteroatoms. The molecule has 1 aromatic carbocycles. The molecule has 0 aromatic heterocycles. The monoisotopic (exact) mass is 205 g/mol. The van der Waals surface area contributed by atoms with E-state index in [-0.39, 0.29) is 6.54 Å². The third kappa shape index (κ3) is 2.95. The van der Waals surface area contributed by atoms with Crippen LogP contribution in [0.25, 0.3) is 0 Å².